The van der Waals surface area contributed by atoms with Gasteiger partial charge in [-0.1, -0.05) is 6.92 Å². The Balaban J connectivity index is 1.97. The molecule has 1 fully saturated rings. The second-order valence-electron chi connectivity index (χ2n) is 5.11. The summed E-state index contributed by atoms with van der Waals surface area (Å²) in [7, 11) is 0. The number of carboxylic acids is 1. The standard InChI is InChI=1S/C14H21N3O2/c1-2-12-8-13(16-10-15-12)17-7-3-4-11(9-17)5-6-14(18)19/h8,10-11H,2-7,9H2,1H3,(H,18,19). The first-order chi connectivity index (χ1) is 9.19. The average molecular weight is 263 g/mol. The molecule has 0 saturated carbocycles. The summed E-state index contributed by atoms with van der Waals surface area (Å²) < 4.78 is 0. The summed E-state index contributed by atoms with van der Waals surface area (Å²) in [6.45, 7) is 4.00. The highest BCUT2D eigenvalue weighted by molar-refractivity contribution is 5.66. The van der Waals surface area contributed by atoms with Crippen molar-refractivity contribution in [2.75, 3.05) is 18.0 Å². The number of anilines is 1. The Labute approximate surface area is 113 Å². The molecule has 1 aliphatic rings. The van der Waals surface area contributed by atoms with Gasteiger partial charge in [0.1, 0.15) is 12.1 Å². The highest BCUT2D eigenvalue weighted by Crippen LogP contribution is 2.24. The fourth-order valence-electron chi connectivity index (χ4n) is 2.59. The topological polar surface area (TPSA) is 66.3 Å². The first kappa shape index (κ1) is 13.8. The van der Waals surface area contributed by atoms with Gasteiger partial charge >= 0.3 is 5.97 Å². The first-order valence-electron chi connectivity index (χ1n) is 6.96. The molecule has 2 rings (SSSR count). The number of piperidine rings is 1. The van der Waals surface area contributed by atoms with Crippen LogP contribution in [0.1, 0.15) is 38.3 Å². The molecule has 0 aliphatic carbocycles. The van der Waals surface area contributed by atoms with Gasteiger partial charge < -0.3 is 10.0 Å². The average Bonchev–Trinajstić information content (AvgIpc) is 2.45. The third-order valence-electron chi connectivity index (χ3n) is 3.68. The number of aryl methyl sites for hydroxylation is 1. The van der Waals surface area contributed by atoms with Crippen LogP contribution in [0.2, 0.25) is 0 Å². The molecule has 0 amide bonds. The van der Waals surface area contributed by atoms with E-state index in [0.717, 1.165) is 50.3 Å². The zero-order valence-electron chi connectivity index (χ0n) is 11.4. The molecule has 1 atom stereocenters. The number of hydrogen-bond donors (Lipinski definition) is 1. The van der Waals surface area contributed by atoms with Gasteiger partial charge in [-0.2, -0.15) is 0 Å². The maximum atomic E-state index is 10.6. The Hall–Kier alpha value is -1.65. The van der Waals surface area contributed by atoms with E-state index in [4.69, 9.17) is 5.11 Å². The molecule has 1 aromatic heterocycles. The van der Waals surface area contributed by atoms with E-state index in [1.54, 1.807) is 6.33 Å². The van der Waals surface area contributed by atoms with E-state index in [-0.39, 0.29) is 6.42 Å². The summed E-state index contributed by atoms with van der Waals surface area (Å²) in [5, 5.41) is 8.76. The predicted molar refractivity (Wildman–Crippen MR) is 73.2 cm³/mol. The van der Waals surface area contributed by atoms with Crippen molar-refractivity contribution in [2.45, 2.75) is 39.0 Å². The molecule has 1 saturated heterocycles. The minimum absolute atomic E-state index is 0.266. The van der Waals surface area contributed by atoms with Crippen LogP contribution in [0, 0.1) is 5.92 Å². The van der Waals surface area contributed by atoms with Crippen LogP contribution in [0.25, 0.3) is 0 Å². The van der Waals surface area contributed by atoms with Gasteiger partial charge in [0.15, 0.2) is 0 Å². The second kappa shape index (κ2) is 6.50. The van der Waals surface area contributed by atoms with E-state index < -0.39 is 5.97 Å². The van der Waals surface area contributed by atoms with Gasteiger partial charge in [0.05, 0.1) is 0 Å². The maximum Gasteiger partial charge on any atom is 0.303 e. The maximum absolute atomic E-state index is 10.6. The van der Waals surface area contributed by atoms with Gasteiger partial charge in [0, 0.05) is 31.3 Å². The van der Waals surface area contributed by atoms with Gasteiger partial charge in [0.2, 0.25) is 0 Å². The van der Waals surface area contributed by atoms with Gasteiger partial charge in [-0.15, -0.1) is 0 Å². The van der Waals surface area contributed by atoms with E-state index in [2.05, 4.69) is 21.8 Å². The lowest BCUT2D eigenvalue weighted by atomic mass is 9.93. The Morgan fingerprint density at radius 1 is 1.53 bits per heavy atom. The lowest BCUT2D eigenvalue weighted by molar-refractivity contribution is -0.137. The summed E-state index contributed by atoms with van der Waals surface area (Å²) in [5.74, 6) is 0.740. The van der Waals surface area contributed by atoms with E-state index in [1.807, 2.05) is 6.07 Å². The highest BCUT2D eigenvalue weighted by Gasteiger charge is 2.21. The molecule has 2 heterocycles. The molecule has 0 spiro atoms. The number of carbonyl (C=O) groups is 1. The van der Waals surface area contributed by atoms with Crippen LogP contribution in [0.15, 0.2) is 12.4 Å². The summed E-state index contributed by atoms with van der Waals surface area (Å²) in [4.78, 5) is 21.5. The van der Waals surface area contributed by atoms with Crippen molar-refractivity contribution in [3.63, 3.8) is 0 Å². The number of aromatic nitrogens is 2. The fraction of sp³-hybridized carbons (Fsp3) is 0.643. The van der Waals surface area contributed by atoms with Crippen LogP contribution < -0.4 is 4.90 Å². The van der Waals surface area contributed by atoms with E-state index >= 15 is 0 Å². The summed E-state index contributed by atoms with van der Waals surface area (Å²) in [6.07, 6.45) is 5.78. The zero-order chi connectivity index (χ0) is 13.7. The number of aliphatic carboxylic acids is 1. The molecule has 0 aromatic carbocycles. The van der Waals surface area contributed by atoms with Crippen LogP contribution in [0.5, 0.6) is 0 Å². The number of carboxylic acid groups (broad SMARTS) is 1. The molecular weight excluding hydrogens is 242 g/mol. The SMILES string of the molecule is CCc1cc(N2CCCC(CCC(=O)O)C2)ncn1. The van der Waals surface area contributed by atoms with Crippen molar-refractivity contribution >= 4 is 11.8 Å². The van der Waals surface area contributed by atoms with Crippen LogP contribution in [0.3, 0.4) is 0 Å². The molecule has 1 aromatic rings. The molecule has 1 aliphatic heterocycles. The molecule has 1 N–H and O–H groups in total. The Bertz CT molecular complexity index is 436. The Morgan fingerprint density at radius 3 is 3.11 bits per heavy atom. The minimum atomic E-state index is -0.701. The zero-order valence-corrected chi connectivity index (χ0v) is 11.4. The molecule has 1 unspecified atom stereocenters. The molecule has 0 bridgehead atoms. The van der Waals surface area contributed by atoms with E-state index in [9.17, 15) is 4.79 Å². The molecule has 5 nitrogen and oxygen atoms in total. The summed E-state index contributed by atoms with van der Waals surface area (Å²) >= 11 is 0. The number of nitrogens with zero attached hydrogens (tertiary/aromatic N) is 3. The summed E-state index contributed by atoms with van der Waals surface area (Å²) in [6, 6.07) is 2.04. The van der Waals surface area contributed by atoms with Crippen molar-refractivity contribution < 1.29 is 9.90 Å². The fourth-order valence-corrected chi connectivity index (χ4v) is 2.59. The monoisotopic (exact) mass is 263 g/mol. The Kier molecular flexibility index (Phi) is 4.71. The minimum Gasteiger partial charge on any atom is -0.481 e. The molecule has 5 heteroatoms. The number of hydrogen-bond acceptors (Lipinski definition) is 4. The van der Waals surface area contributed by atoms with Gasteiger partial charge in [-0.3, -0.25) is 4.79 Å². The summed E-state index contributed by atoms with van der Waals surface area (Å²) in [5.41, 5.74) is 1.05. The van der Waals surface area contributed by atoms with Gasteiger partial charge in [-0.25, -0.2) is 9.97 Å². The molecular formula is C14H21N3O2. The van der Waals surface area contributed by atoms with Crippen molar-refractivity contribution in [3.05, 3.63) is 18.1 Å². The van der Waals surface area contributed by atoms with Crippen LogP contribution in [0.4, 0.5) is 5.82 Å². The van der Waals surface area contributed by atoms with Gasteiger partial charge in [0.25, 0.3) is 0 Å². The lowest BCUT2D eigenvalue weighted by Crippen LogP contribution is -2.36. The molecule has 0 radical (unpaired) electrons. The molecule has 104 valence electrons. The van der Waals surface area contributed by atoms with Gasteiger partial charge in [-0.05, 0) is 31.6 Å². The van der Waals surface area contributed by atoms with Crippen molar-refractivity contribution in [3.8, 4) is 0 Å². The normalized spacial score (nSPS) is 19.4. The van der Waals surface area contributed by atoms with Crippen molar-refractivity contribution in [1.29, 1.82) is 0 Å². The van der Waals surface area contributed by atoms with Crippen LogP contribution in [-0.4, -0.2) is 34.1 Å². The van der Waals surface area contributed by atoms with Crippen LogP contribution in [-0.2, 0) is 11.2 Å². The van der Waals surface area contributed by atoms with Crippen molar-refractivity contribution in [1.82, 2.24) is 9.97 Å². The third-order valence-corrected chi connectivity index (χ3v) is 3.68. The highest BCUT2D eigenvalue weighted by atomic mass is 16.4. The molecule has 19 heavy (non-hydrogen) atoms. The first-order valence-corrected chi connectivity index (χ1v) is 6.96. The van der Waals surface area contributed by atoms with Crippen molar-refractivity contribution in [2.24, 2.45) is 5.92 Å². The Morgan fingerprint density at radius 2 is 2.37 bits per heavy atom. The van der Waals surface area contributed by atoms with E-state index in [0.29, 0.717) is 5.92 Å². The van der Waals surface area contributed by atoms with E-state index in [1.165, 1.54) is 0 Å². The predicted octanol–water partition coefficient (Wildman–Crippen LogP) is 2.12. The smallest absolute Gasteiger partial charge is 0.303 e. The number of rotatable bonds is 5. The lowest BCUT2D eigenvalue weighted by Gasteiger charge is -2.33. The third kappa shape index (κ3) is 3.91. The quantitative estimate of drug-likeness (QED) is 0.881. The van der Waals surface area contributed by atoms with Crippen LogP contribution >= 0.6 is 0 Å². The second-order valence-corrected chi connectivity index (χ2v) is 5.11. The largest absolute Gasteiger partial charge is 0.481 e.